The number of aliphatic hydroxyl groups is 1. The first-order valence-corrected chi connectivity index (χ1v) is 8.06. The molecule has 0 fully saturated rings. The molecule has 0 aliphatic rings. The fourth-order valence-corrected chi connectivity index (χ4v) is 2.78. The van der Waals surface area contributed by atoms with E-state index in [2.05, 4.69) is 4.98 Å². The molecular formula is C17H17NO3S. The second-order valence-corrected chi connectivity index (χ2v) is 5.96. The van der Waals surface area contributed by atoms with E-state index in [1.807, 2.05) is 55.5 Å². The lowest BCUT2D eigenvalue weighted by Crippen LogP contribution is -2.20. The van der Waals surface area contributed by atoms with E-state index in [4.69, 9.17) is 9.15 Å². The minimum atomic E-state index is -0.584. The molecule has 1 atom stereocenters. The van der Waals surface area contributed by atoms with Crippen molar-refractivity contribution in [3.63, 3.8) is 0 Å². The van der Waals surface area contributed by atoms with Crippen molar-refractivity contribution in [2.45, 2.75) is 18.3 Å². The molecule has 2 aromatic carbocycles. The predicted molar refractivity (Wildman–Crippen MR) is 87.4 cm³/mol. The van der Waals surface area contributed by atoms with Crippen LogP contribution in [0.25, 0.3) is 11.1 Å². The van der Waals surface area contributed by atoms with Gasteiger partial charge >= 0.3 is 0 Å². The Balaban J connectivity index is 1.51. The van der Waals surface area contributed by atoms with Gasteiger partial charge in [0.2, 0.25) is 0 Å². The number of oxazole rings is 1. The second-order valence-electron chi connectivity index (χ2n) is 4.99. The highest BCUT2D eigenvalue weighted by Gasteiger charge is 2.11. The molecule has 3 aromatic rings. The molecule has 0 aliphatic heterocycles. The van der Waals surface area contributed by atoms with E-state index >= 15 is 0 Å². The van der Waals surface area contributed by atoms with Crippen molar-refractivity contribution in [2.24, 2.45) is 0 Å². The molecule has 0 bridgehead atoms. The van der Waals surface area contributed by atoms with Gasteiger partial charge in [0.15, 0.2) is 5.58 Å². The summed E-state index contributed by atoms with van der Waals surface area (Å²) in [5.74, 6) is 1.27. The lowest BCUT2D eigenvalue weighted by Gasteiger charge is -2.12. The highest BCUT2D eigenvalue weighted by atomic mass is 32.2. The van der Waals surface area contributed by atoms with Crippen LogP contribution < -0.4 is 4.74 Å². The molecule has 0 unspecified atom stereocenters. The van der Waals surface area contributed by atoms with Crippen molar-refractivity contribution < 1.29 is 14.3 Å². The normalized spacial score (nSPS) is 12.5. The van der Waals surface area contributed by atoms with Crippen LogP contribution in [0.1, 0.15) is 5.56 Å². The van der Waals surface area contributed by atoms with Crippen LogP contribution in [0.2, 0.25) is 0 Å². The molecule has 22 heavy (non-hydrogen) atoms. The molecule has 5 heteroatoms. The van der Waals surface area contributed by atoms with Crippen LogP contribution in [0, 0.1) is 6.92 Å². The number of nitrogens with zero attached hydrogens (tertiary/aromatic N) is 1. The zero-order valence-corrected chi connectivity index (χ0v) is 13.0. The number of hydrogen-bond donors (Lipinski definition) is 1. The fourth-order valence-electron chi connectivity index (χ4n) is 2.03. The summed E-state index contributed by atoms with van der Waals surface area (Å²) in [6.45, 7) is 2.23. The summed E-state index contributed by atoms with van der Waals surface area (Å²) in [5, 5.41) is 10.6. The molecule has 1 aromatic heterocycles. The van der Waals surface area contributed by atoms with Gasteiger partial charge in [-0.1, -0.05) is 42.1 Å². The van der Waals surface area contributed by atoms with E-state index in [-0.39, 0.29) is 6.61 Å². The topological polar surface area (TPSA) is 55.5 Å². The van der Waals surface area contributed by atoms with Crippen molar-refractivity contribution in [2.75, 3.05) is 12.4 Å². The number of aryl methyl sites for hydroxylation is 1. The lowest BCUT2D eigenvalue weighted by atomic mass is 10.2. The van der Waals surface area contributed by atoms with E-state index in [1.54, 1.807) is 0 Å². The smallest absolute Gasteiger partial charge is 0.256 e. The summed E-state index contributed by atoms with van der Waals surface area (Å²) in [6, 6.07) is 15.4. The number of thioether (sulfide) groups is 1. The summed E-state index contributed by atoms with van der Waals surface area (Å²) in [5.41, 5.74) is 2.65. The zero-order chi connectivity index (χ0) is 15.4. The standard InChI is InChI=1S/C17H17NO3S/c1-12-6-2-4-8-15(12)20-10-13(19)11-22-17-18-14-7-3-5-9-16(14)21-17/h2-9,13,19H,10-11H2,1H3/t13-/m1/s1. The van der Waals surface area contributed by atoms with Crippen LogP contribution in [-0.2, 0) is 0 Å². The van der Waals surface area contributed by atoms with Gasteiger partial charge in [-0.3, -0.25) is 0 Å². The van der Waals surface area contributed by atoms with Crippen LogP contribution in [0.5, 0.6) is 5.75 Å². The minimum Gasteiger partial charge on any atom is -0.491 e. The maximum atomic E-state index is 10.0. The highest BCUT2D eigenvalue weighted by molar-refractivity contribution is 7.99. The summed E-state index contributed by atoms with van der Waals surface area (Å²) in [7, 11) is 0. The predicted octanol–water partition coefficient (Wildman–Crippen LogP) is 3.67. The van der Waals surface area contributed by atoms with Crippen molar-refractivity contribution in [1.29, 1.82) is 0 Å². The molecule has 0 saturated carbocycles. The van der Waals surface area contributed by atoms with Gasteiger partial charge in [-0.25, -0.2) is 4.98 Å². The van der Waals surface area contributed by atoms with Gasteiger partial charge in [0.05, 0.1) is 6.10 Å². The fraction of sp³-hybridized carbons (Fsp3) is 0.235. The number of aliphatic hydroxyl groups excluding tert-OH is 1. The largest absolute Gasteiger partial charge is 0.491 e. The highest BCUT2D eigenvalue weighted by Crippen LogP contribution is 2.24. The Morgan fingerprint density at radius 2 is 1.95 bits per heavy atom. The van der Waals surface area contributed by atoms with Crippen LogP contribution >= 0.6 is 11.8 Å². The molecule has 0 aliphatic carbocycles. The van der Waals surface area contributed by atoms with Crippen LogP contribution in [0.4, 0.5) is 0 Å². The number of rotatable bonds is 6. The number of benzene rings is 2. The molecule has 0 saturated heterocycles. The third kappa shape index (κ3) is 3.61. The van der Waals surface area contributed by atoms with E-state index in [0.717, 1.165) is 22.4 Å². The SMILES string of the molecule is Cc1ccccc1OC[C@@H](O)CSc1nc2ccccc2o1. The summed E-state index contributed by atoms with van der Waals surface area (Å²) >= 11 is 1.39. The molecule has 3 rings (SSSR count). The third-order valence-electron chi connectivity index (χ3n) is 3.20. The maximum absolute atomic E-state index is 10.0. The maximum Gasteiger partial charge on any atom is 0.256 e. The minimum absolute atomic E-state index is 0.248. The van der Waals surface area contributed by atoms with E-state index in [9.17, 15) is 5.11 Å². The van der Waals surface area contributed by atoms with E-state index < -0.39 is 6.10 Å². The summed E-state index contributed by atoms with van der Waals surface area (Å²) in [4.78, 5) is 4.36. The molecule has 0 amide bonds. The Morgan fingerprint density at radius 3 is 2.77 bits per heavy atom. The van der Waals surface area contributed by atoms with E-state index in [0.29, 0.717) is 11.0 Å². The van der Waals surface area contributed by atoms with Crippen molar-refractivity contribution in [3.8, 4) is 5.75 Å². The molecule has 1 heterocycles. The third-order valence-corrected chi connectivity index (χ3v) is 4.17. The van der Waals surface area contributed by atoms with Gasteiger partial charge < -0.3 is 14.3 Å². The first-order valence-electron chi connectivity index (χ1n) is 7.07. The number of ether oxygens (including phenoxy) is 1. The monoisotopic (exact) mass is 315 g/mol. The van der Waals surface area contributed by atoms with Gasteiger partial charge in [0.1, 0.15) is 17.9 Å². The number of para-hydroxylation sites is 3. The average molecular weight is 315 g/mol. The zero-order valence-electron chi connectivity index (χ0n) is 12.2. The molecule has 0 spiro atoms. The van der Waals surface area contributed by atoms with Crippen LogP contribution in [0.3, 0.4) is 0 Å². The lowest BCUT2D eigenvalue weighted by molar-refractivity contribution is 0.126. The molecule has 4 nitrogen and oxygen atoms in total. The molecule has 114 valence electrons. The first-order chi connectivity index (χ1) is 10.7. The van der Waals surface area contributed by atoms with Crippen molar-refractivity contribution in [1.82, 2.24) is 4.98 Å². The van der Waals surface area contributed by atoms with Gasteiger partial charge in [-0.2, -0.15) is 0 Å². The van der Waals surface area contributed by atoms with Gasteiger partial charge in [-0.05, 0) is 30.7 Å². The van der Waals surface area contributed by atoms with Crippen molar-refractivity contribution >= 4 is 22.9 Å². The first kappa shape index (κ1) is 14.9. The Bertz CT molecular complexity index is 723. The number of aromatic nitrogens is 1. The Morgan fingerprint density at radius 1 is 1.18 bits per heavy atom. The van der Waals surface area contributed by atoms with Gasteiger partial charge in [0, 0.05) is 5.75 Å². The second kappa shape index (κ2) is 6.85. The summed E-state index contributed by atoms with van der Waals surface area (Å²) in [6.07, 6.45) is -0.584. The molecular weight excluding hydrogens is 298 g/mol. The Labute approximate surface area is 133 Å². The Hall–Kier alpha value is -1.98. The number of hydrogen-bond acceptors (Lipinski definition) is 5. The van der Waals surface area contributed by atoms with Gasteiger partial charge in [0.25, 0.3) is 5.22 Å². The van der Waals surface area contributed by atoms with Crippen molar-refractivity contribution in [3.05, 3.63) is 54.1 Å². The summed E-state index contributed by atoms with van der Waals surface area (Å²) < 4.78 is 11.2. The quantitative estimate of drug-likeness (QED) is 0.703. The molecule has 0 radical (unpaired) electrons. The van der Waals surface area contributed by atoms with E-state index in [1.165, 1.54) is 11.8 Å². The van der Waals surface area contributed by atoms with Crippen LogP contribution in [-0.4, -0.2) is 28.6 Å². The number of fused-ring (bicyclic) bond motifs is 1. The van der Waals surface area contributed by atoms with Crippen LogP contribution in [0.15, 0.2) is 58.2 Å². The van der Waals surface area contributed by atoms with Gasteiger partial charge in [-0.15, -0.1) is 0 Å². The Kier molecular flexibility index (Phi) is 4.65. The molecule has 1 N–H and O–H groups in total. The average Bonchev–Trinajstić information content (AvgIpc) is 2.95.